The quantitative estimate of drug-likeness (QED) is 0.839. The number of fused-ring (bicyclic) bond motifs is 1. The van der Waals surface area contributed by atoms with Crippen molar-refractivity contribution < 1.29 is 4.79 Å². The van der Waals surface area contributed by atoms with Gasteiger partial charge < -0.3 is 0 Å². The maximum absolute atomic E-state index is 12.1. The maximum Gasteiger partial charge on any atom is 0.263 e. The van der Waals surface area contributed by atoms with Gasteiger partial charge in [-0.1, -0.05) is 49.7 Å². The summed E-state index contributed by atoms with van der Waals surface area (Å²) < 4.78 is 0. The van der Waals surface area contributed by atoms with Crippen LogP contribution < -0.4 is 10.9 Å². The predicted octanol–water partition coefficient (Wildman–Crippen LogP) is 3.98. The summed E-state index contributed by atoms with van der Waals surface area (Å²) in [6.45, 7) is 6.23. The fraction of sp³-hybridized carbons (Fsp3) is 0.350. The summed E-state index contributed by atoms with van der Waals surface area (Å²) in [5, 5.41) is 2.42. The Morgan fingerprint density at radius 1 is 1.17 bits per heavy atom. The summed E-state index contributed by atoms with van der Waals surface area (Å²) in [6, 6.07) is 12.9. The normalized spacial score (nSPS) is 18.6. The Kier molecular flexibility index (Phi) is 4.22. The average molecular weight is 308 g/mol. The zero-order valence-corrected chi connectivity index (χ0v) is 14.1. The van der Waals surface area contributed by atoms with Gasteiger partial charge in [-0.3, -0.25) is 10.2 Å². The first-order valence-corrected chi connectivity index (χ1v) is 8.32. The summed E-state index contributed by atoms with van der Waals surface area (Å²) in [5.74, 6) is -0.0495. The molecule has 0 radical (unpaired) electrons. The Morgan fingerprint density at radius 2 is 2.00 bits per heavy atom. The van der Waals surface area contributed by atoms with Gasteiger partial charge in [0, 0.05) is 5.57 Å². The molecule has 2 N–H and O–H groups in total. The van der Waals surface area contributed by atoms with Crippen LogP contribution in [0.25, 0.3) is 16.8 Å². The number of carbonyl (C=O) groups excluding carboxylic acids is 1. The molecule has 2 aromatic rings. The minimum absolute atomic E-state index is 0.0495. The zero-order valence-electron chi connectivity index (χ0n) is 14.1. The summed E-state index contributed by atoms with van der Waals surface area (Å²) in [6.07, 6.45) is 5.55. The Hall–Kier alpha value is -2.13. The highest BCUT2D eigenvalue weighted by molar-refractivity contribution is 6.04. The zero-order chi connectivity index (χ0) is 16.4. The smallest absolute Gasteiger partial charge is 0.263 e. The van der Waals surface area contributed by atoms with Gasteiger partial charge in [-0.15, -0.1) is 0 Å². The second kappa shape index (κ2) is 6.17. The lowest BCUT2D eigenvalue weighted by atomic mass is 9.92. The highest BCUT2D eigenvalue weighted by atomic mass is 16.2. The molecule has 0 atom stereocenters. The minimum atomic E-state index is -0.361. The molecule has 3 rings (SSSR count). The molecule has 1 saturated heterocycles. The second-order valence-corrected chi connectivity index (χ2v) is 6.77. The number of amides is 1. The highest BCUT2D eigenvalue weighted by Crippen LogP contribution is 2.27. The van der Waals surface area contributed by atoms with Crippen molar-refractivity contribution >= 4 is 22.8 Å². The topological polar surface area (TPSA) is 41.1 Å². The van der Waals surface area contributed by atoms with E-state index in [1.807, 2.05) is 19.9 Å². The van der Waals surface area contributed by atoms with Crippen LogP contribution in [0.4, 0.5) is 0 Å². The Balaban J connectivity index is 2.03. The maximum atomic E-state index is 12.1. The number of hydrogen-bond acceptors (Lipinski definition) is 2. The SMILES string of the molecule is CCCCc1ccc2c(/C=C3\C(=O)NNC3(C)C)cccc2c1. The Bertz CT molecular complexity index is 774. The molecule has 0 unspecified atom stereocenters. The van der Waals surface area contributed by atoms with Crippen molar-refractivity contribution in [3.63, 3.8) is 0 Å². The average Bonchev–Trinajstić information content (AvgIpc) is 2.79. The molecule has 120 valence electrons. The molecule has 0 saturated carbocycles. The van der Waals surface area contributed by atoms with E-state index < -0.39 is 0 Å². The van der Waals surface area contributed by atoms with Crippen molar-refractivity contribution in [2.75, 3.05) is 0 Å². The monoisotopic (exact) mass is 308 g/mol. The van der Waals surface area contributed by atoms with Crippen molar-refractivity contribution in [2.24, 2.45) is 0 Å². The molecule has 1 aliphatic heterocycles. The highest BCUT2D eigenvalue weighted by Gasteiger charge is 2.34. The molecule has 2 aromatic carbocycles. The predicted molar refractivity (Wildman–Crippen MR) is 95.9 cm³/mol. The first kappa shape index (κ1) is 15.8. The molecule has 3 nitrogen and oxygen atoms in total. The molecule has 0 aromatic heterocycles. The molecule has 1 heterocycles. The van der Waals surface area contributed by atoms with Crippen molar-refractivity contribution in [1.29, 1.82) is 0 Å². The van der Waals surface area contributed by atoms with Gasteiger partial charge in [0.05, 0.1) is 5.54 Å². The minimum Gasteiger partial charge on any atom is -0.287 e. The fourth-order valence-corrected chi connectivity index (χ4v) is 3.05. The van der Waals surface area contributed by atoms with Gasteiger partial charge in [0.2, 0.25) is 0 Å². The lowest BCUT2D eigenvalue weighted by molar-refractivity contribution is -0.116. The molecule has 0 bridgehead atoms. The van der Waals surface area contributed by atoms with Crippen LogP contribution in [0.2, 0.25) is 0 Å². The van der Waals surface area contributed by atoms with E-state index in [9.17, 15) is 4.79 Å². The van der Waals surface area contributed by atoms with Crippen LogP contribution in [-0.4, -0.2) is 11.4 Å². The number of hydrazine groups is 1. The number of nitrogens with one attached hydrogen (secondary N) is 2. The van der Waals surface area contributed by atoms with Gasteiger partial charge >= 0.3 is 0 Å². The lowest BCUT2D eigenvalue weighted by Gasteiger charge is -2.17. The van der Waals surface area contributed by atoms with E-state index in [4.69, 9.17) is 0 Å². The van der Waals surface area contributed by atoms with Crippen LogP contribution in [0.1, 0.15) is 44.7 Å². The van der Waals surface area contributed by atoms with Crippen LogP contribution in [0.5, 0.6) is 0 Å². The Labute approximate surface area is 137 Å². The van der Waals surface area contributed by atoms with E-state index >= 15 is 0 Å². The van der Waals surface area contributed by atoms with Gasteiger partial charge in [-0.2, -0.15) is 0 Å². The van der Waals surface area contributed by atoms with Gasteiger partial charge in [0.1, 0.15) is 0 Å². The molecule has 1 amide bonds. The molecular formula is C20H24N2O. The van der Waals surface area contributed by atoms with Gasteiger partial charge in [-0.25, -0.2) is 5.43 Å². The molecule has 3 heteroatoms. The molecule has 0 spiro atoms. The number of unbranched alkanes of at least 4 members (excludes halogenated alkanes) is 1. The Morgan fingerprint density at radius 3 is 2.70 bits per heavy atom. The molecule has 1 fully saturated rings. The first-order chi connectivity index (χ1) is 11.0. The van der Waals surface area contributed by atoms with Crippen LogP contribution in [0, 0.1) is 0 Å². The van der Waals surface area contributed by atoms with E-state index in [2.05, 4.69) is 54.2 Å². The van der Waals surface area contributed by atoms with Crippen LogP contribution >= 0.6 is 0 Å². The van der Waals surface area contributed by atoms with E-state index in [-0.39, 0.29) is 11.4 Å². The number of hydrogen-bond donors (Lipinski definition) is 2. The van der Waals surface area contributed by atoms with Gasteiger partial charge in [-0.05, 0) is 54.7 Å². The standard InChI is InChI=1S/C20H24N2O/c1-4-5-7-14-10-11-17-15(12-14)8-6-9-16(17)13-18-19(23)21-22-20(18,2)3/h6,8-13,22H,4-5,7H2,1-3H3,(H,21,23)/b18-13+. The third-order valence-electron chi connectivity index (χ3n) is 4.50. The van der Waals surface area contributed by atoms with Crippen molar-refractivity contribution in [3.05, 3.63) is 53.1 Å². The summed E-state index contributed by atoms with van der Waals surface area (Å²) in [4.78, 5) is 12.1. The summed E-state index contributed by atoms with van der Waals surface area (Å²) >= 11 is 0. The second-order valence-electron chi connectivity index (χ2n) is 6.77. The van der Waals surface area contributed by atoms with E-state index in [0.29, 0.717) is 0 Å². The number of carbonyl (C=O) groups is 1. The van der Waals surface area contributed by atoms with Crippen LogP contribution in [-0.2, 0) is 11.2 Å². The van der Waals surface area contributed by atoms with Gasteiger partial charge in [0.25, 0.3) is 5.91 Å². The van der Waals surface area contributed by atoms with Crippen molar-refractivity contribution in [2.45, 2.75) is 45.6 Å². The van der Waals surface area contributed by atoms with E-state index in [1.54, 1.807) is 0 Å². The largest absolute Gasteiger partial charge is 0.287 e. The third-order valence-corrected chi connectivity index (χ3v) is 4.50. The van der Waals surface area contributed by atoms with E-state index in [0.717, 1.165) is 17.6 Å². The fourth-order valence-electron chi connectivity index (χ4n) is 3.05. The van der Waals surface area contributed by atoms with Crippen molar-refractivity contribution in [1.82, 2.24) is 10.9 Å². The molecule has 1 aliphatic rings. The number of benzene rings is 2. The third kappa shape index (κ3) is 3.15. The molecule has 23 heavy (non-hydrogen) atoms. The summed E-state index contributed by atoms with van der Waals surface area (Å²) in [7, 11) is 0. The van der Waals surface area contributed by atoms with Crippen molar-refractivity contribution in [3.8, 4) is 0 Å². The summed E-state index contributed by atoms with van der Waals surface area (Å²) in [5.41, 5.74) is 8.60. The molecular weight excluding hydrogens is 284 g/mol. The van der Waals surface area contributed by atoms with Gasteiger partial charge in [0.15, 0.2) is 0 Å². The first-order valence-electron chi connectivity index (χ1n) is 8.32. The van der Waals surface area contributed by atoms with Crippen LogP contribution in [0.15, 0.2) is 42.0 Å². The lowest BCUT2D eigenvalue weighted by Crippen LogP contribution is -2.38. The van der Waals surface area contributed by atoms with Crippen LogP contribution in [0.3, 0.4) is 0 Å². The van der Waals surface area contributed by atoms with E-state index in [1.165, 1.54) is 29.2 Å². The number of aryl methyl sites for hydroxylation is 1. The molecule has 0 aliphatic carbocycles. The number of rotatable bonds is 4.